The number of aliphatic carboxylic acids is 1. The van der Waals surface area contributed by atoms with Crippen LogP contribution >= 0.6 is 0 Å². The molecule has 2 atom stereocenters. The van der Waals surface area contributed by atoms with E-state index in [1.54, 1.807) is 12.1 Å². The number of nitrogens with one attached hydrogen (secondary N) is 3. The first-order chi connectivity index (χ1) is 25.6. The van der Waals surface area contributed by atoms with Gasteiger partial charge in [-0.05, 0) is 106 Å². The van der Waals surface area contributed by atoms with Crippen molar-refractivity contribution in [1.29, 1.82) is 0 Å². The van der Waals surface area contributed by atoms with Gasteiger partial charge in [0.25, 0.3) is 5.91 Å². The Balaban J connectivity index is 0.953. The van der Waals surface area contributed by atoms with Crippen molar-refractivity contribution in [2.24, 2.45) is 11.3 Å². The number of anilines is 1. The number of hydrogen-bond acceptors (Lipinski definition) is 7. The summed E-state index contributed by atoms with van der Waals surface area (Å²) in [6, 6.07) is 23.0. The highest BCUT2D eigenvalue weighted by Crippen LogP contribution is 2.57. The van der Waals surface area contributed by atoms with Crippen molar-refractivity contribution >= 4 is 29.4 Å². The Kier molecular flexibility index (Phi) is 10.7. The first kappa shape index (κ1) is 36.4. The van der Waals surface area contributed by atoms with Crippen LogP contribution in [-0.4, -0.2) is 85.2 Å². The van der Waals surface area contributed by atoms with Crippen molar-refractivity contribution < 1.29 is 38.2 Å². The van der Waals surface area contributed by atoms with Crippen LogP contribution in [0.15, 0.2) is 72.8 Å². The van der Waals surface area contributed by atoms with Gasteiger partial charge in [0.2, 0.25) is 11.8 Å². The number of rotatable bonds is 14. The zero-order chi connectivity index (χ0) is 37.0. The van der Waals surface area contributed by atoms with Crippen LogP contribution in [0.25, 0.3) is 0 Å². The number of carbonyl (C=O) groups excluding carboxylic acids is 3. The second-order valence-electron chi connectivity index (χ2n) is 15.2. The lowest BCUT2D eigenvalue weighted by molar-refractivity contribution is -0.955. The van der Waals surface area contributed by atoms with E-state index in [0.717, 1.165) is 61.0 Å². The maximum Gasteiger partial charge on any atom is 0.322 e. The summed E-state index contributed by atoms with van der Waals surface area (Å²) in [6.45, 7) is 7.72. The van der Waals surface area contributed by atoms with Crippen LogP contribution in [0.2, 0.25) is 0 Å². The minimum Gasteiger partial charge on any atom is -0.489 e. The molecule has 8 rings (SSSR count). The van der Waals surface area contributed by atoms with Crippen molar-refractivity contribution in [3.63, 3.8) is 0 Å². The maximum absolute atomic E-state index is 13.9. The van der Waals surface area contributed by atoms with Gasteiger partial charge in [-0.15, -0.1) is 0 Å². The number of carboxylic acid groups (broad SMARTS) is 1. The van der Waals surface area contributed by atoms with Gasteiger partial charge in [0, 0.05) is 11.3 Å². The van der Waals surface area contributed by atoms with Crippen LogP contribution in [0.5, 0.6) is 11.5 Å². The molecule has 0 aliphatic carbocycles. The molecular weight excluding hydrogens is 674 g/mol. The lowest BCUT2D eigenvalue weighted by Crippen LogP contribution is -2.66. The molecule has 3 aromatic rings. The van der Waals surface area contributed by atoms with Crippen molar-refractivity contribution in [3.8, 4) is 11.5 Å². The second-order valence-corrected chi connectivity index (χ2v) is 15.2. The molecule has 0 saturated carbocycles. The summed E-state index contributed by atoms with van der Waals surface area (Å²) < 4.78 is 13.1. The van der Waals surface area contributed by atoms with Crippen LogP contribution < -0.4 is 30.3 Å². The summed E-state index contributed by atoms with van der Waals surface area (Å²) in [5.41, 5.74) is 3.82. The highest BCUT2D eigenvalue weighted by Gasteiger charge is 2.61. The molecule has 2 bridgehead atoms. The van der Waals surface area contributed by atoms with Gasteiger partial charge in [0.1, 0.15) is 37.2 Å². The minimum absolute atomic E-state index is 0.121. The highest BCUT2D eigenvalue weighted by molar-refractivity contribution is 6.06. The Morgan fingerprint density at radius 3 is 2.13 bits per heavy atom. The molecule has 0 radical (unpaired) electrons. The number of piperidine rings is 4. The third-order valence-electron chi connectivity index (χ3n) is 11.8. The Hall–Kier alpha value is -4.94. The Bertz CT molecular complexity index is 1770. The Morgan fingerprint density at radius 1 is 0.887 bits per heavy atom. The molecule has 0 aromatic heterocycles. The molecule has 12 heteroatoms. The molecule has 1 spiro atoms. The average Bonchev–Trinajstić information content (AvgIpc) is 3.19. The molecule has 3 aromatic carbocycles. The maximum atomic E-state index is 13.9. The SMILES string of the molecule is CC(NC(=O)COc1ccc(C2N(c3ccc(OCc4ccc(C[N+]56CCC(CC5)CC6)cc4)cc3)C(=O)C23CCNCC3)cc1)C(=O)NCC(=O)O. The molecule has 53 heavy (non-hydrogen) atoms. The summed E-state index contributed by atoms with van der Waals surface area (Å²) >= 11 is 0. The first-order valence-corrected chi connectivity index (χ1v) is 18.8. The van der Waals surface area contributed by atoms with Gasteiger partial charge in [-0.3, -0.25) is 19.2 Å². The number of quaternary nitrogens is 1. The number of benzene rings is 3. The zero-order valence-corrected chi connectivity index (χ0v) is 30.4. The van der Waals surface area contributed by atoms with E-state index < -0.39 is 35.8 Å². The van der Waals surface area contributed by atoms with E-state index in [1.165, 1.54) is 55.9 Å². The molecule has 5 aliphatic heterocycles. The molecular formula is C41H50N5O7+. The molecule has 280 valence electrons. The van der Waals surface area contributed by atoms with Gasteiger partial charge in [-0.2, -0.15) is 0 Å². The molecule has 12 nitrogen and oxygen atoms in total. The van der Waals surface area contributed by atoms with Crippen LogP contribution in [0.1, 0.15) is 61.8 Å². The van der Waals surface area contributed by atoms with Gasteiger partial charge >= 0.3 is 5.97 Å². The summed E-state index contributed by atoms with van der Waals surface area (Å²) in [7, 11) is 0. The van der Waals surface area contributed by atoms with Gasteiger partial charge in [-0.1, -0.05) is 36.4 Å². The topological polar surface area (TPSA) is 146 Å². The quantitative estimate of drug-likeness (QED) is 0.145. The van der Waals surface area contributed by atoms with Gasteiger partial charge < -0.3 is 39.9 Å². The number of ether oxygens (including phenoxy) is 2. The number of nitrogens with zero attached hydrogens (tertiary/aromatic N) is 2. The summed E-state index contributed by atoms with van der Waals surface area (Å²) in [4.78, 5) is 50.8. The molecule has 5 saturated heterocycles. The summed E-state index contributed by atoms with van der Waals surface area (Å²) in [6.07, 6.45) is 5.63. The van der Waals surface area contributed by atoms with E-state index in [2.05, 4.69) is 40.2 Å². The largest absolute Gasteiger partial charge is 0.489 e. The van der Waals surface area contributed by atoms with E-state index in [0.29, 0.717) is 12.4 Å². The second kappa shape index (κ2) is 15.6. The Labute approximate surface area is 310 Å². The summed E-state index contributed by atoms with van der Waals surface area (Å²) in [5, 5.41) is 16.8. The fourth-order valence-corrected chi connectivity index (χ4v) is 8.68. The molecule has 5 fully saturated rings. The zero-order valence-electron chi connectivity index (χ0n) is 30.4. The van der Waals surface area contributed by atoms with Crippen molar-refractivity contribution in [2.75, 3.05) is 50.8 Å². The normalized spacial score (nSPS) is 23.5. The highest BCUT2D eigenvalue weighted by atomic mass is 16.5. The van der Waals surface area contributed by atoms with Crippen LogP contribution in [0.4, 0.5) is 5.69 Å². The predicted octanol–water partition coefficient (Wildman–Crippen LogP) is 3.94. The fourth-order valence-electron chi connectivity index (χ4n) is 8.68. The Morgan fingerprint density at radius 2 is 1.49 bits per heavy atom. The van der Waals surface area contributed by atoms with Gasteiger partial charge in [-0.25, -0.2) is 0 Å². The number of amides is 3. The van der Waals surface area contributed by atoms with E-state index in [-0.39, 0.29) is 18.6 Å². The number of fused-ring (bicyclic) bond motifs is 3. The standard InChI is InChI=1S/C41H49N5O7/c1-28(39(50)43-24-37(48)49)44-36(47)27-53-34-10-6-32(7-11-34)38-41(17-19-42-20-18-41)40(51)45(38)33-8-12-35(13-9-33)52-26-31-4-2-30(3-5-31)25-46-21-14-29(15-22-46)16-23-46/h2-13,28-29,38,42H,14-27H2,1H3,(H2-,43,44,47,48,49,50)/p+1. The molecule has 5 aliphatic rings. The lowest BCUT2D eigenvalue weighted by atomic mass is 9.62. The van der Waals surface area contributed by atoms with Gasteiger partial charge in [0.05, 0.1) is 31.1 Å². The monoisotopic (exact) mass is 724 g/mol. The van der Waals surface area contributed by atoms with Crippen molar-refractivity contribution in [2.45, 2.75) is 64.3 Å². The van der Waals surface area contributed by atoms with E-state index in [1.807, 2.05) is 41.3 Å². The molecule has 4 N–H and O–H groups in total. The first-order valence-electron chi connectivity index (χ1n) is 18.8. The minimum atomic E-state index is -1.17. The van der Waals surface area contributed by atoms with Gasteiger partial charge in [0.15, 0.2) is 6.61 Å². The third-order valence-corrected chi connectivity index (χ3v) is 11.8. The number of β-lactam (4-membered cyclic amide) rings is 1. The van der Waals surface area contributed by atoms with Crippen molar-refractivity contribution in [1.82, 2.24) is 16.0 Å². The number of carboxylic acids is 1. The lowest BCUT2D eigenvalue weighted by Gasteiger charge is -2.58. The molecule has 5 heterocycles. The van der Waals surface area contributed by atoms with Crippen LogP contribution in [-0.2, 0) is 32.3 Å². The van der Waals surface area contributed by atoms with Crippen molar-refractivity contribution in [3.05, 3.63) is 89.5 Å². The number of carbonyl (C=O) groups is 4. The third kappa shape index (κ3) is 8.03. The van der Waals surface area contributed by atoms with E-state index >= 15 is 0 Å². The number of hydrogen-bond donors (Lipinski definition) is 4. The smallest absolute Gasteiger partial charge is 0.322 e. The van der Waals surface area contributed by atoms with E-state index in [9.17, 15) is 19.2 Å². The predicted molar refractivity (Wildman–Crippen MR) is 198 cm³/mol. The molecule has 2 unspecified atom stereocenters. The summed E-state index contributed by atoms with van der Waals surface area (Å²) in [5.74, 6) is 0.00623. The van der Waals surface area contributed by atoms with Crippen LogP contribution in [0.3, 0.4) is 0 Å². The van der Waals surface area contributed by atoms with Crippen LogP contribution in [0, 0.1) is 11.3 Å². The molecule has 3 amide bonds. The average molecular weight is 725 g/mol. The van der Waals surface area contributed by atoms with E-state index in [4.69, 9.17) is 14.6 Å². The fraction of sp³-hybridized carbons (Fsp3) is 0.463.